The van der Waals surface area contributed by atoms with E-state index in [0.717, 1.165) is 18.7 Å². The highest BCUT2D eigenvalue weighted by Crippen LogP contribution is 2.37. The zero-order valence-electron chi connectivity index (χ0n) is 10.4. The highest BCUT2D eigenvalue weighted by molar-refractivity contribution is 6.32. The average Bonchev–Trinajstić information content (AvgIpc) is 3.16. The van der Waals surface area contributed by atoms with Crippen LogP contribution in [0.2, 0.25) is 5.02 Å². The molecule has 20 heavy (non-hydrogen) atoms. The molecular formula is C13H10ClN5O. The number of hydrogen-bond acceptors (Lipinski definition) is 4. The predicted octanol–water partition coefficient (Wildman–Crippen LogP) is 2.46. The quantitative estimate of drug-likeness (QED) is 0.906. The Balaban J connectivity index is 1.74. The van der Waals surface area contributed by atoms with Crippen molar-refractivity contribution in [1.82, 2.24) is 15.2 Å². The van der Waals surface area contributed by atoms with E-state index in [1.807, 2.05) is 6.07 Å². The third kappa shape index (κ3) is 2.49. The van der Waals surface area contributed by atoms with Crippen molar-refractivity contribution in [2.75, 3.05) is 5.32 Å². The Kier molecular flexibility index (Phi) is 3.12. The number of carbonyl (C=O) groups is 1. The van der Waals surface area contributed by atoms with Gasteiger partial charge in [0.1, 0.15) is 11.9 Å². The normalized spacial score (nSPS) is 13.8. The summed E-state index contributed by atoms with van der Waals surface area (Å²) >= 11 is 5.90. The standard InChI is InChI=1S/C13H10ClN5O/c14-10-5-9(4-3-8(10)6-15)16-13(20)12-17-11(18-19-12)7-1-2-7/h3-5,7H,1-2H2,(H,16,20)(H,17,18,19). The summed E-state index contributed by atoms with van der Waals surface area (Å²) in [4.78, 5) is 16.1. The molecule has 1 heterocycles. The molecule has 1 fully saturated rings. The molecule has 7 heteroatoms. The van der Waals surface area contributed by atoms with E-state index < -0.39 is 5.91 Å². The number of aromatic amines is 1. The van der Waals surface area contributed by atoms with Gasteiger partial charge in [0.15, 0.2) is 0 Å². The van der Waals surface area contributed by atoms with E-state index in [-0.39, 0.29) is 5.82 Å². The molecule has 1 aromatic carbocycles. The van der Waals surface area contributed by atoms with Crippen LogP contribution in [0.3, 0.4) is 0 Å². The van der Waals surface area contributed by atoms with Crippen LogP contribution in [-0.4, -0.2) is 21.1 Å². The summed E-state index contributed by atoms with van der Waals surface area (Å²) in [5.74, 6) is 0.864. The molecule has 2 aromatic rings. The van der Waals surface area contributed by atoms with Crippen molar-refractivity contribution in [3.05, 3.63) is 40.4 Å². The van der Waals surface area contributed by atoms with Crippen LogP contribution in [0.1, 0.15) is 40.8 Å². The number of hydrogen-bond donors (Lipinski definition) is 2. The van der Waals surface area contributed by atoms with Crippen molar-refractivity contribution in [2.24, 2.45) is 0 Å². The highest BCUT2D eigenvalue weighted by Gasteiger charge is 2.28. The van der Waals surface area contributed by atoms with Crippen molar-refractivity contribution in [1.29, 1.82) is 5.26 Å². The third-order valence-electron chi connectivity index (χ3n) is 3.02. The van der Waals surface area contributed by atoms with Gasteiger partial charge >= 0.3 is 0 Å². The Hall–Kier alpha value is -2.39. The van der Waals surface area contributed by atoms with E-state index in [1.165, 1.54) is 6.07 Å². The van der Waals surface area contributed by atoms with E-state index in [1.54, 1.807) is 12.1 Å². The Morgan fingerprint density at radius 3 is 2.95 bits per heavy atom. The monoisotopic (exact) mass is 287 g/mol. The first-order chi connectivity index (χ1) is 9.67. The third-order valence-corrected chi connectivity index (χ3v) is 3.33. The minimum atomic E-state index is -0.408. The van der Waals surface area contributed by atoms with Crippen molar-refractivity contribution < 1.29 is 4.79 Å². The zero-order chi connectivity index (χ0) is 14.1. The fourth-order valence-electron chi connectivity index (χ4n) is 1.79. The van der Waals surface area contributed by atoms with E-state index in [9.17, 15) is 4.79 Å². The predicted molar refractivity (Wildman–Crippen MR) is 72.5 cm³/mol. The summed E-state index contributed by atoms with van der Waals surface area (Å²) < 4.78 is 0. The van der Waals surface area contributed by atoms with Crippen molar-refractivity contribution in [3.8, 4) is 6.07 Å². The molecule has 100 valence electrons. The maximum absolute atomic E-state index is 12.0. The van der Waals surface area contributed by atoms with Gasteiger partial charge in [-0.05, 0) is 31.0 Å². The number of rotatable bonds is 3. The minimum Gasteiger partial charge on any atom is -0.319 e. The van der Waals surface area contributed by atoms with Crippen molar-refractivity contribution in [3.63, 3.8) is 0 Å². The van der Waals surface area contributed by atoms with Gasteiger partial charge in [-0.15, -0.1) is 5.10 Å². The first kappa shape index (κ1) is 12.6. The number of nitriles is 1. The molecule has 0 spiro atoms. The molecule has 6 nitrogen and oxygen atoms in total. The van der Waals surface area contributed by atoms with Gasteiger partial charge in [-0.3, -0.25) is 9.89 Å². The molecule has 2 N–H and O–H groups in total. The van der Waals surface area contributed by atoms with Crippen LogP contribution in [0.4, 0.5) is 5.69 Å². The lowest BCUT2D eigenvalue weighted by molar-refractivity contribution is 0.101. The summed E-state index contributed by atoms with van der Waals surface area (Å²) in [5.41, 5.74) is 0.857. The Labute approximate surface area is 119 Å². The largest absolute Gasteiger partial charge is 0.319 e. The molecule has 0 saturated heterocycles. The van der Waals surface area contributed by atoms with Gasteiger partial charge < -0.3 is 5.32 Å². The van der Waals surface area contributed by atoms with Gasteiger partial charge in [0.25, 0.3) is 5.91 Å². The lowest BCUT2D eigenvalue weighted by Gasteiger charge is -2.03. The number of nitrogens with zero attached hydrogens (tertiary/aromatic N) is 3. The maximum Gasteiger partial charge on any atom is 0.295 e. The molecule has 0 radical (unpaired) electrons. The Morgan fingerprint density at radius 2 is 2.30 bits per heavy atom. The molecule has 0 unspecified atom stereocenters. The molecule has 1 amide bonds. The van der Waals surface area contributed by atoms with Crippen LogP contribution in [0.25, 0.3) is 0 Å². The van der Waals surface area contributed by atoms with Crippen LogP contribution < -0.4 is 5.32 Å². The first-order valence-electron chi connectivity index (χ1n) is 6.10. The van der Waals surface area contributed by atoms with Crippen LogP contribution in [0, 0.1) is 11.3 Å². The molecule has 1 aliphatic rings. The molecule has 1 aromatic heterocycles. The number of aromatic nitrogens is 3. The van der Waals surface area contributed by atoms with E-state index in [2.05, 4.69) is 20.5 Å². The summed E-state index contributed by atoms with van der Waals surface area (Å²) in [6, 6.07) is 6.63. The minimum absolute atomic E-state index is 0.104. The molecule has 0 bridgehead atoms. The molecule has 1 saturated carbocycles. The van der Waals surface area contributed by atoms with Crippen LogP contribution >= 0.6 is 11.6 Å². The van der Waals surface area contributed by atoms with E-state index in [4.69, 9.17) is 16.9 Å². The average molecular weight is 288 g/mol. The summed E-state index contributed by atoms with van der Waals surface area (Å²) in [7, 11) is 0. The van der Waals surface area contributed by atoms with Crippen molar-refractivity contribution >= 4 is 23.2 Å². The summed E-state index contributed by atoms with van der Waals surface area (Å²) in [6.07, 6.45) is 2.17. The van der Waals surface area contributed by atoms with Gasteiger partial charge in [-0.25, -0.2) is 4.98 Å². The molecule has 0 aliphatic heterocycles. The number of carbonyl (C=O) groups excluding carboxylic acids is 1. The molecule has 0 atom stereocenters. The lowest BCUT2D eigenvalue weighted by atomic mass is 10.2. The second-order valence-corrected chi connectivity index (χ2v) is 4.99. The van der Waals surface area contributed by atoms with Gasteiger partial charge in [-0.2, -0.15) is 5.26 Å². The first-order valence-corrected chi connectivity index (χ1v) is 6.48. The molecule has 3 rings (SSSR count). The zero-order valence-corrected chi connectivity index (χ0v) is 11.1. The topological polar surface area (TPSA) is 94.5 Å². The van der Waals surface area contributed by atoms with Gasteiger partial charge in [0, 0.05) is 11.6 Å². The van der Waals surface area contributed by atoms with Crippen LogP contribution in [0.15, 0.2) is 18.2 Å². The number of amides is 1. The van der Waals surface area contributed by atoms with Gasteiger partial charge in [0.2, 0.25) is 5.82 Å². The number of nitrogens with one attached hydrogen (secondary N) is 2. The molecular weight excluding hydrogens is 278 g/mol. The fraction of sp³-hybridized carbons (Fsp3) is 0.231. The smallest absolute Gasteiger partial charge is 0.295 e. The second-order valence-electron chi connectivity index (χ2n) is 4.58. The molecule has 1 aliphatic carbocycles. The second kappa shape index (κ2) is 4.94. The van der Waals surface area contributed by atoms with E-state index >= 15 is 0 Å². The maximum atomic E-state index is 12.0. The SMILES string of the molecule is N#Cc1ccc(NC(=O)c2n[nH]c(C3CC3)n2)cc1Cl. The number of anilines is 1. The Bertz CT molecular complexity index is 714. The number of benzene rings is 1. The number of H-pyrrole nitrogens is 1. The Morgan fingerprint density at radius 1 is 1.50 bits per heavy atom. The van der Waals surface area contributed by atoms with E-state index in [0.29, 0.717) is 22.2 Å². The number of halogens is 1. The van der Waals surface area contributed by atoms with Crippen LogP contribution in [0.5, 0.6) is 0 Å². The highest BCUT2D eigenvalue weighted by atomic mass is 35.5. The van der Waals surface area contributed by atoms with Crippen molar-refractivity contribution in [2.45, 2.75) is 18.8 Å². The fourth-order valence-corrected chi connectivity index (χ4v) is 2.01. The van der Waals surface area contributed by atoms with Gasteiger partial charge in [0.05, 0.1) is 10.6 Å². The summed E-state index contributed by atoms with van der Waals surface area (Å²) in [6.45, 7) is 0. The summed E-state index contributed by atoms with van der Waals surface area (Å²) in [5, 5.41) is 18.4. The lowest BCUT2D eigenvalue weighted by Crippen LogP contribution is -2.13. The van der Waals surface area contributed by atoms with Crippen LogP contribution in [-0.2, 0) is 0 Å². The van der Waals surface area contributed by atoms with Gasteiger partial charge in [-0.1, -0.05) is 11.6 Å².